The Morgan fingerprint density at radius 2 is 1.70 bits per heavy atom. The van der Waals surface area contributed by atoms with Gasteiger partial charge < -0.3 is 11.1 Å². The lowest BCUT2D eigenvalue weighted by molar-refractivity contribution is 0.0999. The number of nitrogens with one attached hydrogen (secondary N) is 1. The fourth-order valence-electron chi connectivity index (χ4n) is 1.88. The van der Waals surface area contributed by atoms with Crippen molar-refractivity contribution in [1.29, 1.82) is 0 Å². The summed E-state index contributed by atoms with van der Waals surface area (Å²) in [5, 5.41) is 2.80. The number of aryl methyl sites for hydroxylation is 1. The Bertz CT molecular complexity index is 633. The zero-order chi connectivity index (χ0) is 14.5. The molecule has 0 radical (unpaired) electrons. The van der Waals surface area contributed by atoms with E-state index in [1.165, 1.54) is 0 Å². The molecule has 0 saturated carbocycles. The molecule has 0 saturated heterocycles. The van der Waals surface area contributed by atoms with Crippen molar-refractivity contribution in [3.63, 3.8) is 0 Å². The van der Waals surface area contributed by atoms with E-state index in [0.717, 1.165) is 5.56 Å². The highest BCUT2D eigenvalue weighted by Crippen LogP contribution is 2.13. The maximum atomic E-state index is 12.1. The molecule has 2 aromatic carbocycles. The van der Waals surface area contributed by atoms with Crippen LogP contribution < -0.4 is 11.1 Å². The molecular formula is C16H16N2O2. The first-order valence-electron chi connectivity index (χ1n) is 6.32. The quantitative estimate of drug-likeness (QED) is 0.836. The summed E-state index contributed by atoms with van der Waals surface area (Å²) in [4.78, 5) is 23.5. The lowest BCUT2D eigenvalue weighted by Gasteiger charge is -2.08. The van der Waals surface area contributed by atoms with Crippen molar-refractivity contribution < 1.29 is 9.59 Å². The Hall–Kier alpha value is -2.46. The number of amides is 1. The number of anilines is 1. The summed E-state index contributed by atoms with van der Waals surface area (Å²) in [6, 6.07) is 14.1. The van der Waals surface area contributed by atoms with Gasteiger partial charge in [0.2, 0.25) is 0 Å². The number of benzene rings is 2. The van der Waals surface area contributed by atoms with E-state index in [2.05, 4.69) is 5.32 Å². The fraction of sp³-hybridized carbons (Fsp3) is 0.125. The Labute approximate surface area is 117 Å². The van der Waals surface area contributed by atoms with Crippen LogP contribution in [0.3, 0.4) is 0 Å². The molecule has 3 N–H and O–H groups in total. The maximum absolute atomic E-state index is 12.1. The molecular weight excluding hydrogens is 252 g/mol. The van der Waals surface area contributed by atoms with E-state index in [4.69, 9.17) is 5.73 Å². The van der Waals surface area contributed by atoms with Gasteiger partial charge in [0.1, 0.15) is 0 Å². The van der Waals surface area contributed by atoms with Crippen LogP contribution in [0.4, 0.5) is 5.69 Å². The second kappa shape index (κ2) is 6.12. The van der Waals surface area contributed by atoms with E-state index in [9.17, 15) is 9.59 Å². The summed E-state index contributed by atoms with van der Waals surface area (Å²) in [5.41, 5.74) is 8.03. The van der Waals surface area contributed by atoms with Gasteiger partial charge in [-0.25, -0.2) is 0 Å². The van der Waals surface area contributed by atoms with Gasteiger partial charge in [-0.3, -0.25) is 9.59 Å². The van der Waals surface area contributed by atoms with Gasteiger partial charge in [-0.2, -0.15) is 0 Å². The third kappa shape index (κ3) is 3.10. The number of carbonyl (C=O) groups is 2. The molecule has 20 heavy (non-hydrogen) atoms. The smallest absolute Gasteiger partial charge is 0.255 e. The predicted molar refractivity (Wildman–Crippen MR) is 79.0 cm³/mol. The van der Waals surface area contributed by atoms with Crippen molar-refractivity contribution >= 4 is 17.4 Å². The van der Waals surface area contributed by atoms with Gasteiger partial charge in [-0.1, -0.05) is 18.2 Å². The number of nitrogens with two attached hydrogens (primary N) is 1. The normalized spacial score (nSPS) is 10.1. The van der Waals surface area contributed by atoms with Crippen molar-refractivity contribution in [2.75, 3.05) is 11.9 Å². The molecule has 0 aliphatic carbocycles. The summed E-state index contributed by atoms with van der Waals surface area (Å²) in [6.07, 6.45) is 0. The van der Waals surface area contributed by atoms with Crippen molar-refractivity contribution in [3.8, 4) is 0 Å². The third-order valence-corrected chi connectivity index (χ3v) is 3.04. The van der Waals surface area contributed by atoms with E-state index in [0.29, 0.717) is 16.8 Å². The highest BCUT2D eigenvalue weighted by molar-refractivity contribution is 6.05. The van der Waals surface area contributed by atoms with E-state index in [1.807, 2.05) is 25.1 Å². The minimum Gasteiger partial charge on any atom is -0.324 e. The molecule has 0 heterocycles. The number of carbonyl (C=O) groups excluding carboxylic acids is 2. The van der Waals surface area contributed by atoms with Crippen LogP contribution in [-0.4, -0.2) is 18.2 Å². The van der Waals surface area contributed by atoms with E-state index >= 15 is 0 Å². The molecule has 0 unspecified atom stereocenters. The van der Waals surface area contributed by atoms with Crippen molar-refractivity contribution in [2.45, 2.75) is 6.92 Å². The van der Waals surface area contributed by atoms with Crippen molar-refractivity contribution in [1.82, 2.24) is 0 Å². The van der Waals surface area contributed by atoms with Gasteiger partial charge in [-0.05, 0) is 42.8 Å². The number of hydrogen-bond donors (Lipinski definition) is 2. The topological polar surface area (TPSA) is 72.2 Å². The van der Waals surface area contributed by atoms with Crippen LogP contribution in [0.25, 0.3) is 0 Å². The van der Waals surface area contributed by atoms with Gasteiger partial charge in [0, 0.05) is 16.8 Å². The van der Waals surface area contributed by atoms with Crippen molar-refractivity contribution in [3.05, 3.63) is 65.2 Å². The summed E-state index contributed by atoms with van der Waals surface area (Å²) >= 11 is 0. The van der Waals surface area contributed by atoms with Gasteiger partial charge in [0.05, 0.1) is 6.54 Å². The standard InChI is InChI=1S/C16H16N2O2/c1-11-4-2-3-5-14(11)16(20)18-13-8-6-12(7-9-13)15(19)10-17/h2-9H,10,17H2,1H3,(H,18,20). The molecule has 102 valence electrons. The van der Waals surface area contributed by atoms with Crippen LogP contribution in [0.1, 0.15) is 26.3 Å². The van der Waals surface area contributed by atoms with Crippen LogP contribution >= 0.6 is 0 Å². The van der Waals surface area contributed by atoms with Gasteiger partial charge in [-0.15, -0.1) is 0 Å². The Morgan fingerprint density at radius 3 is 2.30 bits per heavy atom. The van der Waals surface area contributed by atoms with Crippen molar-refractivity contribution in [2.24, 2.45) is 5.73 Å². The molecule has 4 nitrogen and oxygen atoms in total. The van der Waals surface area contributed by atoms with Crippen LogP contribution in [0, 0.1) is 6.92 Å². The van der Waals surface area contributed by atoms with Gasteiger partial charge in [0.25, 0.3) is 5.91 Å². The minimum absolute atomic E-state index is 0.0189. The summed E-state index contributed by atoms with van der Waals surface area (Å²) in [5.74, 6) is -0.289. The maximum Gasteiger partial charge on any atom is 0.255 e. The molecule has 0 bridgehead atoms. The number of rotatable bonds is 4. The molecule has 2 rings (SSSR count). The van der Waals surface area contributed by atoms with Crippen LogP contribution in [-0.2, 0) is 0 Å². The second-order valence-corrected chi connectivity index (χ2v) is 4.47. The monoisotopic (exact) mass is 268 g/mol. The van der Waals surface area contributed by atoms with Crippen LogP contribution in [0.2, 0.25) is 0 Å². The summed E-state index contributed by atoms with van der Waals surface area (Å²) in [7, 11) is 0. The highest BCUT2D eigenvalue weighted by atomic mass is 16.1. The predicted octanol–water partition coefficient (Wildman–Crippen LogP) is 2.39. The average molecular weight is 268 g/mol. The van der Waals surface area contributed by atoms with Gasteiger partial charge >= 0.3 is 0 Å². The Morgan fingerprint density at radius 1 is 1.05 bits per heavy atom. The Balaban J connectivity index is 2.13. The van der Waals surface area contributed by atoms with E-state index in [1.54, 1.807) is 30.3 Å². The molecule has 0 aliphatic heterocycles. The lowest BCUT2D eigenvalue weighted by Crippen LogP contribution is -2.15. The zero-order valence-corrected chi connectivity index (χ0v) is 11.2. The first-order chi connectivity index (χ1) is 9.61. The molecule has 1 amide bonds. The summed E-state index contributed by atoms with van der Waals surface area (Å²) in [6.45, 7) is 1.87. The van der Waals surface area contributed by atoms with Crippen LogP contribution in [0.15, 0.2) is 48.5 Å². The SMILES string of the molecule is Cc1ccccc1C(=O)Nc1ccc(C(=O)CN)cc1. The molecule has 0 spiro atoms. The molecule has 0 aromatic heterocycles. The number of ketones is 1. The highest BCUT2D eigenvalue weighted by Gasteiger charge is 2.09. The average Bonchev–Trinajstić information content (AvgIpc) is 2.47. The van der Waals surface area contributed by atoms with E-state index < -0.39 is 0 Å². The Kier molecular flexibility index (Phi) is 4.27. The number of hydrogen-bond acceptors (Lipinski definition) is 3. The fourth-order valence-corrected chi connectivity index (χ4v) is 1.88. The zero-order valence-electron chi connectivity index (χ0n) is 11.2. The lowest BCUT2D eigenvalue weighted by atomic mass is 10.1. The largest absolute Gasteiger partial charge is 0.324 e. The van der Waals surface area contributed by atoms with E-state index in [-0.39, 0.29) is 18.2 Å². The minimum atomic E-state index is -0.166. The number of Topliss-reactive ketones (excluding diaryl/α,β-unsaturated/α-hetero) is 1. The summed E-state index contributed by atoms with van der Waals surface area (Å²) < 4.78 is 0. The first kappa shape index (κ1) is 14.0. The molecule has 2 aromatic rings. The molecule has 0 aliphatic rings. The molecule has 4 heteroatoms. The third-order valence-electron chi connectivity index (χ3n) is 3.04. The molecule has 0 fully saturated rings. The van der Waals surface area contributed by atoms with Gasteiger partial charge in [0.15, 0.2) is 5.78 Å². The van der Waals surface area contributed by atoms with Crippen LogP contribution in [0.5, 0.6) is 0 Å². The first-order valence-corrected chi connectivity index (χ1v) is 6.32. The second-order valence-electron chi connectivity index (χ2n) is 4.47. The molecule has 0 atom stereocenters.